The van der Waals surface area contributed by atoms with Crippen LogP contribution in [0.25, 0.3) is 5.69 Å². The zero-order valence-corrected chi connectivity index (χ0v) is 17.5. The minimum absolute atomic E-state index is 0.0240. The summed E-state index contributed by atoms with van der Waals surface area (Å²) in [5, 5.41) is 8.23. The molecule has 0 saturated heterocycles. The van der Waals surface area contributed by atoms with Gasteiger partial charge in [-0.1, -0.05) is 43.6 Å². The zero-order valence-electron chi connectivity index (χ0n) is 16.8. The second kappa shape index (κ2) is 7.91. The summed E-state index contributed by atoms with van der Waals surface area (Å²) in [6, 6.07) is 13.7. The van der Waals surface area contributed by atoms with Crippen LogP contribution in [0.15, 0.2) is 48.7 Å². The molecule has 29 heavy (non-hydrogen) atoms. The molecule has 1 aromatic heterocycles. The fourth-order valence-corrected chi connectivity index (χ4v) is 3.75. The van der Waals surface area contributed by atoms with Crippen LogP contribution in [0.2, 0.25) is 5.02 Å². The van der Waals surface area contributed by atoms with Crippen LogP contribution >= 0.6 is 11.6 Å². The summed E-state index contributed by atoms with van der Waals surface area (Å²) in [4.78, 5) is 12.5. The van der Waals surface area contributed by atoms with Crippen molar-refractivity contribution in [1.29, 1.82) is 0 Å². The molecule has 1 aliphatic rings. The quantitative estimate of drug-likeness (QED) is 0.618. The van der Waals surface area contributed by atoms with Crippen molar-refractivity contribution in [3.05, 3.63) is 70.4 Å². The monoisotopic (exact) mass is 409 g/mol. The van der Waals surface area contributed by atoms with Gasteiger partial charge in [0.1, 0.15) is 11.6 Å². The number of halogens is 1. The summed E-state index contributed by atoms with van der Waals surface area (Å²) >= 11 is 6.29. The molecule has 2 heterocycles. The Labute approximate surface area is 175 Å². The van der Waals surface area contributed by atoms with Gasteiger partial charge in [-0.15, -0.1) is 0 Å². The molecule has 0 spiro atoms. The van der Waals surface area contributed by atoms with Crippen molar-refractivity contribution < 1.29 is 9.53 Å². The molecule has 0 saturated carbocycles. The van der Waals surface area contributed by atoms with Gasteiger partial charge in [0.25, 0.3) is 0 Å². The van der Waals surface area contributed by atoms with E-state index in [4.69, 9.17) is 16.3 Å². The number of ether oxygens (including phenoxy) is 1. The number of benzene rings is 2. The molecule has 2 aromatic carbocycles. The van der Waals surface area contributed by atoms with Crippen LogP contribution in [0, 0.1) is 12.8 Å². The predicted octanol–water partition coefficient (Wildman–Crippen LogP) is 5.34. The van der Waals surface area contributed by atoms with E-state index < -0.39 is 0 Å². The Bertz CT molecular complexity index is 1040. The van der Waals surface area contributed by atoms with E-state index in [1.165, 1.54) is 0 Å². The fourth-order valence-electron chi connectivity index (χ4n) is 3.58. The van der Waals surface area contributed by atoms with Gasteiger partial charge < -0.3 is 10.1 Å². The summed E-state index contributed by atoms with van der Waals surface area (Å²) in [7, 11) is 0. The van der Waals surface area contributed by atoms with Gasteiger partial charge in [-0.2, -0.15) is 5.10 Å². The lowest BCUT2D eigenvalue weighted by molar-refractivity contribution is -0.116. The Kier molecular flexibility index (Phi) is 5.33. The number of aromatic nitrogens is 2. The Morgan fingerprint density at radius 1 is 1.24 bits per heavy atom. The van der Waals surface area contributed by atoms with Crippen LogP contribution in [0.1, 0.15) is 42.9 Å². The highest BCUT2D eigenvalue weighted by atomic mass is 35.5. The van der Waals surface area contributed by atoms with Crippen LogP contribution in [-0.2, 0) is 4.79 Å². The molecule has 150 valence electrons. The first kappa shape index (κ1) is 19.5. The van der Waals surface area contributed by atoms with Crippen molar-refractivity contribution in [2.75, 3.05) is 11.9 Å². The van der Waals surface area contributed by atoms with Crippen molar-refractivity contribution in [3.63, 3.8) is 0 Å². The van der Waals surface area contributed by atoms with E-state index >= 15 is 0 Å². The first-order valence-corrected chi connectivity index (χ1v) is 10.2. The van der Waals surface area contributed by atoms with Crippen LogP contribution in [0.3, 0.4) is 0 Å². The maximum atomic E-state index is 12.5. The third-order valence-corrected chi connectivity index (χ3v) is 5.56. The largest absolute Gasteiger partial charge is 0.493 e. The van der Waals surface area contributed by atoms with Crippen LogP contribution in [0.5, 0.6) is 5.75 Å². The molecule has 0 radical (unpaired) electrons. The smallest absolute Gasteiger partial charge is 0.226 e. The van der Waals surface area contributed by atoms with E-state index in [9.17, 15) is 4.79 Å². The van der Waals surface area contributed by atoms with Crippen LogP contribution in [-0.4, -0.2) is 22.3 Å². The number of carbonyl (C=O) groups excluding carboxylic acids is 1. The number of nitrogens with one attached hydrogen (secondary N) is 1. The molecule has 6 heteroatoms. The SMILES string of the molecule is Cc1c(Cl)cccc1-n1ncc2c1NC(=O)C[C@@H]2c1ccc(OCC(C)C)cc1. The first-order valence-electron chi connectivity index (χ1n) is 9.80. The molecule has 0 fully saturated rings. The maximum Gasteiger partial charge on any atom is 0.226 e. The average molecular weight is 410 g/mol. The highest BCUT2D eigenvalue weighted by Crippen LogP contribution is 2.39. The van der Waals surface area contributed by atoms with E-state index in [1.54, 1.807) is 4.68 Å². The van der Waals surface area contributed by atoms with Crippen molar-refractivity contribution in [3.8, 4) is 11.4 Å². The fraction of sp³-hybridized carbons (Fsp3) is 0.304. The van der Waals surface area contributed by atoms with Gasteiger partial charge in [-0.25, -0.2) is 4.68 Å². The number of hydrogen-bond acceptors (Lipinski definition) is 3. The number of fused-ring (bicyclic) bond motifs is 1. The van der Waals surface area contributed by atoms with Gasteiger partial charge in [-0.05, 0) is 48.2 Å². The molecule has 0 aliphatic carbocycles. The van der Waals surface area contributed by atoms with Crippen LogP contribution < -0.4 is 10.1 Å². The van der Waals surface area contributed by atoms with E-state index in [0.717, 1.165) is 28.1 Å². The number of hydrogen-bond donors (Lipinski definition) is 1. The highest BCUT2D eigenvalue weighted by Gasteiger charge is 2.30. The molecule has 1 N–H and O–H groups in total. The standard InChI is InChI=1S/C23H24ClN3O2/c1-14(2)13-29-17-9-7-16(8-10-17)18-11-22(28)26-23-19(18)12-25-27(23)21-6-4-5-20(24)15(21)3/h4-10,12,14,18H,11,13H2,1-3H3,(H,26,28)/t18-/m1/s1. The maximum absolute atomic E-state index is 12.5. The van der Waals surface area contributed by atoms with Crippen molar-refractivity contribution in [2.24, 2.45) is 5.92 Å². The second-order valence-electron chi connectivity index (χ2n) is 7.82. The van der Waals surface area contributed by atoms with Gasteiger partial charge in [0.2, 0.25) is 5.91 Å². The minimum Gasteiger partial charge on any atom is -0.493 e. The van der Waals surface area contributed by atoms with E-state index in [1.807, 2.05) is 55.6 Å². The van der Waals surface area contributed by atoms with Gasteiger partial charge in [0, 0.05) is 22.9 Å². The van der Waals surface area contributed by atoms with Gasteiger partial charge in [0.15, 0.2) is 0 Å². The average Bonchev–Trinajstić information content (AvgIpc) is 3.12. The van der Waals surface area contributed by atoms with E-state index in [2.05, 4.69) is 24.3 Å². The molecule has 0 unspecified atom stereocenters. The Hall–Kier alpha value is -2.79. The molecule has 1 amide bonds. The van der Waals surface area contributed by atoms with Gasteiger partial charge in [-0.3, -0.25) is 4.79 Å². The van der Waals surface area contributed by atoms with Gasteiger partial charge >= 0.3 is 0 Å². The van der Waals surface area contributed by atoms with Crippen molar-refractivity contribution in [1.82, 2.24) is 9.78 Å². The topological polar surface area (TPSA) is 56.2 Å². The number of rotatable bonds is 5. The first-order chi connectivity index (χ1) is 13.9. The van der Waals surface area contributed by atoms with Crippen LogP contribution in [0.4, 0.5) is 5.82 Å². The number of nitrogens with zero attached hydrogens (tertiary/aromatic N) is 2. The summed E-state index contributed by atoms with van der Waals surface area (Å²) in [6.07, 6.45) is 2.22. The lowest BCUT2D eigenvalue weighted by atomic mass is 9.87. The Morgan fingerprint density at radius 2 is 2.00 bits per heavy atom. The summed E-state index contributed by atoms with van der Waals surface area (Å²) in [5.41, 5.74) is 3.85. The lowest BCUT2D eigenvalue weighted by Crippen LogP contribution is -2.24. The zero-order chi connectivity index (χ0) is 20.5. The van der Waals surface area contributed by atoms with Crippen molar-refractivity contribution >= 4 is 23.3 Å². The molecule has 0 bridgehead atoms. The highest BCUT2D eigenvalue weighted by molar-refractivity contribution is 6.31. The Balaban J connectivity index is 1.68. The van der Waals surface area contributed by atoms with E-state index in [-0.39, 0.29) is 11.8 Å². The normalized spacial score (nSPS) is 15.9. The molecule has 5 nitrogen and oxygen atoms in total. The Morgan fingerprint density at radius 3 is 2.72 bits per heavy atom. The summed E-state index contributed by atoms with van der Waals surface area (Å²) < 4.78 is 7.54. The third-order valence-electron chi connectivity index (χ3n) is 5.15. The summed E-state index contributed by atoms with van der Waals surface area (Å²) in [5.74, 6) is 1.94. The lowest BCUT2D eigenvalue weighted by Gasteiger charge is -2.24. The van der Waals surface area contributed by atoms with Gasteiger partial charge in [0.05, 0.1) is 18.5 Å². The number of carbonyl (C=O) groups is 1. The molecular weight excluding hydrogens is 386 g/mol. The molecule has 3 aromatic rings. The van der Waals surface area contributed by atoms with Crippen molar-refractivity contribution in [2.45, 2.75) is 33.1 Å². The molecule has 1 atom stereocenters. The predicted molar refractivity (Wildman–Crippen MR) is 115 cm³/mol. The molecular formula is C23H24ClN3O2. The second-order valence-corrected chi connectivity index (χ2v) is 8.23. The third kappa shape index (κ3) is 3.87. The minimum atomic E-state index is -0.0499. The number of anilines is 1. The van der Waals surface area contributed by atoms with E-state index in [0.29, 0.717) is 29.8 Å². The number of amides is 1. The molecule has 1 aliphatic heterocycles. The summed E-state index contributed by atoms with van der Waals surface area (Å²) in [6.45, 7) is 6.87. The molecule has 4 rings (SSSR count).